The highest BCUT2D eigenvalue weighted by atomic mass is 32.2. The van der Waals surface area contributed by atoms with Crippen molar-refractivity contribution in [1.82, 2.24) is 4.98 Å². The van der Waals surface area contributed by atoms with Crippen molar-refractivity contribution in [2.75, 3.05) is 40.8 Å². The van der Waals surface area contributed by atoms with E-state index in [-0.39, 0.29) is 13.0 Å². The first-order valence-corrected chi connectivity index (χ1v) is 11.8. The predicted molar refractivity (Wildman–Crippen MR) is 127 cm³/mol. The molecule has 10 nitrogen and oxygen atoms in total. The van der Waals surface area contributed by atoms with Crippen LogP contribution < -0.4 is 18.9 Å². The molecule has 3 aromatic rings. The maximum absolute atomic E-state index is 11.0. The van der Waals surface area contributed by atoms with Gasteiger partial charge in [-0.05, 0) is 41.8 Å². The Balaban J connectivity index is 2.12. The van der Waals surface area contributed by atoms with Crippen LogP contribution in [0.15, 0.2) is 47.8 Å². The summed E-state index contributed by atoms with van der Waals surface area (Å²) in [7, 11) is 2.08. The first kappa shape index (κ1) is 25.1. The molecule has 0 unspecified atom stereocenters. The summed E-state index contributed by atoms with van der Waals surface area (Å²) in [5.41, 5.74) is 1.51. The number of methoxy groups -OCH3 is 4. The number of fused-ring (bicyclic) bond motifs is 1. The molecule has 34 heavy (non-hydrogen) atoms. The van der Waals surface area contributed by atoms with Crippen LogP contribution in [-0.4, -0.2) is 64.5 Å². The average molecular weight is 491 g/mol. The highest BCUT2D eigenvalue weighted by molar-refractivity contribution is 7.85. The molecule has 1 heterocycles. The summed E-state index contributed by atoms with van der Waals surface area (Å²) in [6.07, 6.45) is 1.70. The minimum atomic E-state index is -4.09. The largest absolute Gasteiger partial charge is 0.493 e. The van der Waals surface area contributed by atoms with E-state index < -0.39 is 15.9 Å². The molecule has 1 aromatic heterocycles. The van der Waals surface area contributed by atoms with Crippen LogP contribution in [0.1, 0.15) is 17.7 Å². The molecule has 0 saturated heterocycles. The fraction of sp³-hybridized carbons (Fsp3) is 0.304. The number of hydrogen-bond acceptors (Lipinski definition) is 9. The number of oxime groups is 1. The topological polar surface area (TPSA) is 126 Å². The number of benzene rings is 2. The van der Waals surface area contributed by atoms with E-state index in [0.29, 0.717) is 40.0 Å². The van der Waals surface area contributed by atoms with Gasteiger partial charge in [0.2, 0.25) is 0 Å². The summed E-state index contributed by atoms with van der Waals surface area (Å²) in [6, 6.07) is 10.7. The van der Waals surface area contributed by atoms with Crippen molar-refractivity contribution < 1.29 is 36.8 Å². The van der Waals surface area contributed by atoms with Gasteiger partial charge in [0.25, 0.3) is 10.1 Å². The summed E-state index contributed by atoms with van der Waals surface area (Å²) in [4.78, 5) is 9.96. The van der Waals surface area contributed by atoms with Gasteiger partial charge in [-0.25, -0.2) is 0 Å². The lowest BCUT2D eigenvalue weighted by Crippen LogP contribution is -2.10. The Kier molecular flexibility index (Phi) is 8.13. The molecule has 3 rings (SSSR count). The van der Waals surface area contributed by atoms with Gasteiger partial charge in [0.15, 0.2) is 23.0 Å². The van der Waals surface area contributed by atoms with Gasteiger partial charge in [-0.2, -0.15) is 8.42 Å². The maximum Gasteiger partial charge on any atom is 0.264 e. The van der Waals surface area contributed by atoms with E-state index in [0.717, 1.165) is 10.8 Å². The molecule has 0 amide bonds. The third-order valence-electron chi connectivity index (χ3n) is 4.94. The lowest BCUT2D eigenvalue weighted by atomic mass is 10.0. The molecule has 0 fully saturated rings. The lowest BCUT2D eigenvalue weighted by molar-refractivity contribution is 0.145. The second-order valence-electron chi connectivity index (χ2n) is 7.07. The Morgan fingerprint density at radius 2 is 1.56 bits per heavy atom. The fourth-order valence-electron chi connectivity index (χ4n) is 3.32. The number of pyridine rings is 1. The third kappa shape index (κ3) is 5.86. The molecule has 0 bridgehead atoms. The van der Waals surface area contributed by atoms with E-state index in [1.165, 1.54) is 14.2 Å². The Hall–Kier alpha value is -3.57. The molecule has 0 atom stereocenters. The van der Waals surface area contributed by atoms with Gasteiger partial charge in [0.1, 0.15) is 18.0 Å². The first-order chi connectivity index (χ1) is 16.3. The Morgan fingerprint density at radius 1 is 0.912 bits per heavy atom. The van der Waals surface area contributed by atoms with Crippen molar-refractivity contribution in [2.45, 2.75) is 6.42 Å². The van der Waals surface area contributed by atoms with E-state index in [1.54, 1.807) is 44.7 Å². The van der Waals surface area contributed by atoms with E-state index in [2.05, 4.69) is 10.1 Å². The molecule has 182 valence electrons. The minimum absolute atomic E-state index is 0.0293. The van der Waals surface area contributed by atoms with Crippen LogP contribution in [0.3, 0.4) is 0 Å². The molecule has 1 N–H and O–H groups in total. The Bertz CT molecular complexity index is 1290. The van der Waals surface area contributed by atoms with Crippen molar-refractivity contribution in [1.29, 1.82) is 0 Å². The summed E-state index contributed by atoms with van der Waals surface area (Å²) >= 11 is 0. The summed E-state index contributed by atoms with van der Waals surface area (Å²) in [5.74, 6) is 1.68. The standard InChI is InChI=1S/C23H26N2O8S/c1-29-18-7-6-16(13-19(18)30-2)22(25-33-10-5-11-34(26,27)28)23-17-14-21(32-4)20(31-3)12-15(17)8-9-24-23/h6-9,12-14H,5,10-11H2,1-4H3,(H,26,27,28). The molecule has 0 aliphatic heterocycles. The van der Waals surface area contributed by atoms with Crippen LogP contribution >= 0.6 is 0 Å². The van der Waals surface area contributed by atoms with Crippen molar-refractivity contribution in [3.8, 4) is 23.0 Å². The van der Waals surface area contributed by atoms with E-state index >= 15 is 0 Å². The van der Waals surface area contributed by atoms with Gasteiger partial charge in [-0.3, -0.25) is 9.54 Å². The van der Waals surface area contributed by atoms with E-state index in [4.69, 9.17) is 28.3 Å². The van der Waals surface area contributed by atoms with Crippen LogP contribution in [0, 0.1) is 0 Å². The van der Waals surface area contributed by atoms with Crippen LogP contribution in [-0.2, 0) is 15.0 Å². The van der Waals surface area contributed by atoms with E-state index in [1.807, 2.05) is 12.1 Å². The predicted octanol–water partition coefficient (Wildman–Crippen LogP) is 3.32. The maximum atomic E-state index is 11.0. The minimum Gasteiger partial charge on any atom is -0.493 e. The molecule has 0 aliphatic rings. The molecule has 0 spiro atoms. The van der Waals surface area contributed by atoms with Crippen molar-refractivity contribution in [2.24, 2.45) is 5.16 Å². The van der Waals surface area contributed by atoms with Crippen LogP contribution in [0.4, 0.5) is 0 Å². The SMILES string of the molecule is COc1ccc(C(=NOCCCS(=O)(=O)O)c2nccc3cc(OC)c(OC)cc23)cc1OC. The van der Waals surface area contributed by atoms with Crippen molar-refractivity contribution >= 4 is 26.6 Å². The highest BCUT2D eigenvalue weighted by Crippen LogP contribution is 2.35. The van der Waals surface area contributed by atoms with Crippen molar-refractivity contribution in [3.05, 3.63) is 53.9 Å². The third-order valence-corrected chi connectivity index (χ3v) is 5.75. The Labute approximate surface area is 197 Å². The molecular weight excluding hydrogens is 464 g/mol. The quantitative estimate of drug-likeness (QED) is 0.186. The highest BCUT2D eigenvalue weighted by Gasteiger charge is 2.18. The number of rotatable bonds is 11. The average Bonchev–Trinajstić information content (AvgIpc) is 2.84. The second-order valence-corrected chi connectivity index (χ2v) is 8.64. The smallest absolute Gasteiger partial charge is 0.264 e. The molecule has 0 radical (unpaired) electrons. The zero-order valence-electron chi connectivity index (χ0n) is 19.3. The molecule has 0 saturated carbocycles. The van der Waals surface area contributed by atoms with Gasteiger partial charge in [-0.15, -0.1) is 0 Å². The molecule has 2 aromatic carbocycles. The summed E-state index contributed by atoms with van der Waals surface area (Å²) in [5, 5.41) is 5.84. The zero-order valence-corrected chi connectivity index (χ0v) is 20.1. The lowest BCUT2D eigenvalue weighted by Gasteiger charge is -2.14. The van der Waals surface area contributed by atoms with Gasteiger partial charge in [0, 0.05) is 23.6 Å². The molecule has 0 aliphatic carbocycles. The number of aromatic nitrogens is 1. The normalized spacial score (nSPS) is 11.9. The molecule has 11 heteroatoms. The van der Waals surface area contributed by atoms with Gasteiger partial charge < -0.3 is 23.8 Å². The molecular formula is C23H26N2O8S. The fourth-order valence-corrected chi connectivity index (χ4v) is 3.80. The number of ether oxygens (including phenoxy) is 4. The van der Waals surface area contributed by atoms with Crippen LogP contribution in [0.5, 0.6) is 23.0 Å². The van der Waals surface area contributed by atoms with Gasteiger partial charge in [-0.1, -0.05) is 5.16 Å². The van der Waals surface area contributed by atoms with Crippen LogP contribution in [0.2, 0.25) is 0 Å². The van der Waals surface area contributed by atoms with Crippen LogP contribution in [0.25, 0.3) is 10.8 Å². The number of nitrogens with zero attached hydrogens (tertiary/aromatic N) is 2. The van der Waals surface area contributed by atoms with E-state index in [9.17, 15) is 8.42 Å². The second kappa shape index (κ2) is 11.0. The number of hydrogen-bond donors (Lipinski definition) is 1. The van der Waals surface area contributed by atoms with Gasteiger partial charge >= 0.3 is 0 Å². The monoisotopic (exact) mass is 490 g/mol. The first-order valence-electron chi connectivity index (χ1n) is 10.2. The zero-order chi connectivity index (χ0) is 24.7. The summed E-state index contributed by atoms with van der Waals surface area (Å²) in [6.45, 7) is -0.0293. The summed E-state index contributed by atoms with van der Waals surface area (Å²) < 4.78 is 52.5. The Morgan fingerprint density at radius 3 is 2.21 bits per heavy atom. The van der Waals surface area contributed by atoms with Gasteiger partial charge in [0.05, 0.1) is 34.2 Å². The van der Waals surface area contributed by atoms with Crippen molar-refractivity contribution in [3.63, 3.8) is 0 Å².